The van der Waals surface area contributed by atoms with Crippen LogP contribution in [0.1, 0.15) is 25.1 Å². The third-order valence-corrected chi connectivity index (χ3v) is 4.64. The lowest BCUT2D eigenvalue weighted by Gasteiger charge is -2.11. The number of rotatable bonds is 4. The zero-order chi connectivity index (χ0) is 17.4. The van der Waals surface area contributed by atoms with Crippen molar-refractivity contribution in [3.63, 3.8) is 0 Å². The number of nitrogens with zero attached hydrogens (tertiary/aromatic N) is 4. The Morgan fingerprint density at radius 1 is 1.16 bits per heavy atom. The highest BCUT2D eigenvalue weighted by Gasteiger charge is 2.17. The molecule has 7 nitrogen and oxygen atoms in total. The molecular weight excluding hydrogens is 316 g/mol. The van der Waals surface area contributed by atoms with Gasteiger partial charge in [-0.25, -0.2) is 15.0 Å². The monoisotopic (exact) mass is 338 g/mol. The van der Waals surface area contributed by atoms with Crippen LogP contribution in [0.5, 0.6) is 0 Å². The lowest BCUT2D eigenvalue weighted by molar-refractivity contribution is 0.100. The molecule has 7 heteroatoms. The van der Waals surface area contributed by atoms with Crippen molar-refractivity contribution in [1.82, 2.24) is 19.5 Å². The third-order valence-electron chi connectivity index (χ3n) is 4.64. The third kappa shape index (κ3) is 3.15. The number of hydrogen-bond donors (Lipinski definition) is 2. The highest BCUT2D eigenvalue weighted by Crippen LogP contribution is 2.25. The highest BCUT2D eigenvalue weighted by atomic mass is 16.5. The van der Waals surface area contributed by atoms with Crippen molar-refractivity contribution in [3.8, 4) is 11.3 Å². The molecule has 3 aromatic heterocycles. The number of hydrogen-bond acceptors (Lipinski definition) is 6. The molecule has 0 bridgehead atoms. The van der Waals surface area contributed by atoms with E-state index in [4.69, 9.17) is 21.2 Å². The molecule has 1 saturated heterocycles. The van der Waals surface area contributed by atoms with E-state index in [1.54, 1.807) is 12.1 Å². The van der Waals surface area contributed by atoms with E-state index in [9.17, 15) is 0 Å². The zero-order valence-electron chi connectivity index (χ0n) is 14.3. The summed E-state index contributed by atoms with van der Waals surface area (Å²) < 4.78 is 7.89. The first kappa shape index (κ1) is 15.8. The normalized spacial score (nSPS) is 17.4. The van der Waals surface area contributed by atoms with Crippen LogP contribution < -0.4 is 11.5 Å². The summed E-state index contributed by atoms with van der Waals surface area (Å²) in [4.78, 5) is 13.5. The Hall–Kier alpha value is -2.67. The van der Waals surface area contributed by atoms with Gasteiger partial charge in [0.05, 0.1) is 11.8 Å². The largest absolute Gasteiger partial charge is 0.384 e. The van der Waals surface area contributed by atoms with Gasteiger partial charge in [0.1, 0.15) is 23.0 Å². The van der Waals surface area contributed by atoms with E-state index >= 15 is 0 Å². The van der Waals surface area contributed by atoms with Gasteiger partial charge < -0.3 is 20.8 Å². The zero-order valence-corrected chi connectivity index (χ0v) is 14.3. The van der Waals surface area contributed by atoms with Gasteiger partial charge in [-0.05, 0) is 50.5 Å². The van der Waals surface area contributed by atoms with Gasteiger partial charge >= 0.3 is 0 Å². The number of aromatic nitrogens is 4. The number of nitrogens with two attached hydrogens (primary N) is 2. The average molecular weight is 338 g/mol. The Morgan fingerprint density at radius 2 is 1.96 bits per heavy atom. The molecule has 4 heterocycles. The molecule has 1 unspecified atom stereocenters. The van der Waals surface area contributed by atoms with Crippen molar-refractivity contribution in [2.75, 3.05) is 18.1 Å². The standard InChI is InChI=1S/C18H22N6O/c1-11-21-15-5-4-14(12-9-16(19)23-17(20)10-12)22-18(15)24(11)7-6-13-3-2-8-25-13/h4-5,9-10,13H,2-3,6-8H2,1H3,(H4,19,20,23). The lowest BCUT2D eigenvalue weighted by Crippen LogP contribution is -2.11. The lowest BCUT2D eigenvalue weighted by atomic mass is 10.1. The number of nitrogen functional groups attached to an aromatic ring is 2. The van der Waals surface area contributed by atoms with E-state index in [2.05, 4.69) is 14.5 Å². The topological polar surface area (TPSA) is 105 Å². The van der Waals surface area contributed by atoms with Crippen LogP contribution in [0, 0.1) is 6.92 Å². The fourth-order valence-corrected chi connectivity index (χ4v) is 3.41. The molecule has 4 rings (SSSR count). The first-order chi connectivity index (χ1) is 12.1. The van der Waals surface area contributed by atoms with Gasteiger partial charge in [-0.2, -0.15) is 0 Å². The van der Waals surface area contributed by atoms with E-state index < -0.39 is 0 Å². The quantitative estimate of drug-likeness (QED) is 0.757. The Bertz CT molecular complexity index is 893. The molecule has 1 aliphatic heterocycles. The molecule has 0 saturated carbocycles. The SMILES string of the molecule is Cc1nc2ccc(-c3cc(N)nc(N)c3)nc2n1CCC1CCCO1. The van der Waals surface area contributed by atoms with Crippen LogP contribution in [0.15, 0.2) is 24.3 Å². The molecule has 1 fully saturated rings. The first-order valence-corrected chi connectivity index (χ1v) is 8.59. The first-order valence-electron chi connectivity index (χ1n) is 8.59. The number of imidazole rings is 1. The van der Waals surface area contributed by atoms with Crippen LogP contribution >= 0.6 is 0 Å². The molecule has 4 N–H and O–H groups in total. The van der Waals surface area contributed by atoms with Crippen LogP contribution in [-0.2, 0) is 11.3 Å². The van der Waals surface area contributed by atoms with E-state index in [0.717, 1.165) is 60.7 Å². The number of ether oxygens (including phenoxy) is 1. The van der Waals surface area contributed by atoms with Crippen molar-refractivity contribution in [2.24, 2.45) is 0 Å². The number of fused-ring (bicyclic) bond motifs is 1. The smallest absolute Gasteiger partial charge is 0.160 e. The number of anilines is 2. The molecule has 0 spiro atoms. The molecule has 25 heavy (non-hydrogen) atoms. The minimum absolute atomic E-state index is 0.347. The fourth-order valence-electron chi connectivity index (χ4n) is 3.41. The maximum atomic E-state index is 5.81. The van der Waals surface area contributed by atoms with Crippen molar-refractivity contribution in [2.45, 2.75) is 38.8 Å². The predicted molar refractivity (Wildman–Crippen MR) is 97.9 cm³/mol. The Morgan fingerprint density at radius 3 is 2.68 bits per heavy atom. The molecule has 0 radical (unpaired) electrons. The van der Waals surface area contributed by atoms with Crippen LogP contribution in [0.2, 0.25) is 0 Å². The van der Waals surface area contributed by atoms with Crippen LogP contribution in [0.4, 0.5) is 11.6 Å². The summed E-state index contributed by atoms with van der Waals surface area (Å²) in [7, 11) is 0. The molecule has 3 aromatic rings. The van der Waals surface area contributed by atoms with E-state index in [0.29, 0.717) is 17.7 Å². The summed E-state index contributed by atoms with van der Waals surface area (Å²) in [5.41, 5.74) is 15.1. The van der Waals surface area contributed by atoms with Gasteiger partial charge in [-0.1, -0.05) is 0 Å². The molecule has 0 aliphatic carbocycles. The highest BCUT2D eigenvalue weighted by molar-refractivity contribution is 5.77. The molecule has 0 amide bonds. The van der Waals surface area contributed by atoms with Crippen molar-refractivity contribution < 1.29 is 4.74 Å². The second kappa shape index (κ2) is 6.33. The Balaban J connectivity index is 1.69. The summed E-state index contributed by atoms with van der Waals surface area (Å²) in [6.07, 6.45) is 3.62. The molecular formula is C18H22N6O. The van der Waals surface area contributed by atoms with Crippen molar-refractivity contribution in [3.05, 3.63) is 30.1 Å². The number of aryl methyl sites for hydroxylation is 2. The average Bonchev–Trinajstić information content (AvgIpc) is 3.18. The Labute approximate surface area is 146 Å². The summed E-state index contributed by atoms with van der Waals surface area (Å²) >= 11 is 0. The molecule has 1 aliphatic rings. The summed E-state index contributed by atoms with van der Waals surface area (Å²) in [5, 5.41) is 0. The minimum atomic E-state index is 0.347. The Kier molecular flexibility index (Phi) is 4.01. The second-order valence-corrected chi connectivity index (χ2v) is 6.48. The summed E-state index contributed by atoms with van der Waals surface area (Å²) in [6.45, 7) is 3.74. The van der Waals surface area contributed by atoms with E-state index in [1.165, 1.54) is 0 Å². The second-order valence-electron chi connectivity index (χ2n) is 6.48. The van der Waals surface area contributed by atoms with Crippen LogP contribution in [0.3, 0.4) is 0 Å². The summed E-state index contributed by atoms with van der Waals surface area (Å²) in [6, 6.07) is 7.49. The maximum absolute atomic E-state index is 5.81. The van der Waals surface area contributed by atoms with Crippen molar-refractivity contribution in [1.29, 1.82) is 0 Å². The van der Waals surface area contributed by atoms with Gasteiger partial charge in [0.2, 0.25) is 0 Å². The summed E-state index contributed by atoms with van der Waals surface area (Å²) in [5.74, 6) is 1.74. The van der Waals surface area contributed by atoms with Crippen LogP contribution in [0.25, 0.3) is 22.4 Å². The van der Waals surface area contributed by atoms with Crippen LogP contribution in [-0.4, -0.2) is 32.2 Å². The van der Waals surface area contributed by atoms with Gasteiger partial charge in [0.25, 0.3) is 0 Å². The molecule has 130 valence electrons. The fraction of sp³-hybridized carbons (Fsp3) is 0.389. The van der Waals surface area contributed by atoms with E-state index in [-0.39, 0.29) is 0 Å². The predicted octanol–water partition coefficient (Wildman–Crippen LogP) is 2.54. The maximum Gasteiger partial charge on any atom is 0.160 e. The number of pyridine rings is 2. The van der Waals surface area contributed by atoms with Gasteiger partial charge in [0, 0.05) is 18.7 Å². The molecule has 0 aromatic carbocycles. The van der Waals surface area contributed by atoms with Gasteiger partial charge in [0.15, 0.2) is 5.65 Å². The molecule has 1 atom stereocenters. The van der Waals surface area contributed by atoms with E-state index in [1.807, 2.05) is 19.1 Å². The van der Waals surface area contributed by atoms with Crippen molar-refractivity contribution >= 4 is 22.8 Å². The van der Waals surface area contributed by atoms with Gasteiger partial charge in [-0.3, -0.25) is 0 Å². The van der Waals surface area contributed by atoms with Gasteiger partial charge in [-0.15, -0.1) is 0 Å². The minimum Gasteiger partial charge on any atom is -0.384 e.